The van der Waals surface area contributed by atoms with E-state index in [0.29, 0.717) is 22.9 Å². The van der Waals surface area contributed by atoms with E-state index in [9.17, 15) is 0 Å². The lowest BCUT2D eigenvalue weighted by Crippen LogP contribution is -2.39. The van der Waals surface area contributed by atoms with Crippen molar-refractivity contribution < 1.29 is 4.74 Å². The first kappa shape index (κ1) is 23.8. The summed E-state index contributed by atoms with van der Waals surface area (Å²) in [5.74, 6) is 2.48. The Labute approximate surface area is 202 Å². The van der Waals surface area contributed by atoms with Crippen LogP contribution in [0.25, 0.3) is 11.3 Å². The number of hydrogen-bond acceptors (Lipinski definition) is 6. The van der Waals surface area contributed by atoms with Gasteiger partial charge in [-0.2, -0.15) is 4.98 Å². The van der Waals surface area contributed by atoms with Crippen molar-refractivity contribution >= 4 is 17.4 Å². The van der Waals surface area contributed by atoms with Crippen molar-refractivity contribution in [2.75, 3.05) is 11.1 Å². The van der Waals surface area contributed by atoms with Gasteiger partial charge in [-0.1, -0.05) is 73.5 Å². The lowest BCUT2D eigenvalue weighted by atomic mass is 9.78. The van der Waals surface area contributed by atoms with Crippen molar-refractivity contribution in [3.05, 3.63) is 47.6 Å². The molecule has 176 valence electrons. The molecule has 1 aliphatic heterocycles. The molecule has 2 aromatic rings. The first-order chi connectivity index (χ1) is 16.0. The maximum atomic E-state index is 6.57. The summed E-state index contributed by atoms with van der Waals surface area (Å²) in [7, 11) is 0. The van der Waals surface area contributed by atoms with Crippen LogP contribution in [0.15, 0.2) is 52.7 Å². The predicted octanol–water partition coefficient (Wildman–Crippen LogP) is 7.28. The van der Waals surface area contributed by atoms with E-state index < -0.39 is 0 Å². The minimum atomic E-state index is -0.150. The fraction of sp³-hybridized carbons (Fsp3) is 0.519. The molecule has 0 spiro atoms. The zero-order chi connectivity index (χ0) is 23.2. The van der Waals surface area contributed by atoms with Crippen molar-refractivity contribution in [3.8, 4) is 17.1 Å². The van der Waals surface area contributed by atoms with Gasteiger partial charge in [-0.05, 0) is 57.9 Å². The molecule has 0 amide bonds. The third kappa shape index (κ3) is 5.97. The van der Waals surface area contributed by atoms with Crippen molar-refractivity contribution in [1.82, 2.24) is 15.2 Å². The van der Waals surface area contributed by atoms with Gasteiger partial charge in [-0.3, -0.25) is 0 Å². The maximum Gasteiger partial charge on any atom is 0.247 e. The van der Waals surface area contributed by atoms with Gasteiger partial charge in [-0.15, -0.1) is 10.2 Å². The molecule has 0 saturated heterocycles. The Morgan fingerprint density at radius 1 is 1.24 bits per heavy atom. The third-order valence-corrected chi connectivity index (χ3v) is 7.41. The van der Waals surface area contributed by atoms with Crippen LogP contribution >= 0.6 is 11.8 Å². The van der Waals surface area contributed by atoms with Gasteiger partial charge >= 0.3 is 0 Å². The predicted molar refractivity (Wildman–Crippen MR) is 138 cm³/mol. The van der Waals surface area contributed by atoms with Crippen LogP contribution in [0.1, 0.15) is 66.2 Å². The van der Waals surface area contributed by atoms with Crippen LogP contribution in [0, 0.1) is 11.8 Å². The fourth-order valence-electron chi connectivity index (χ4n) is 4.59. The van der Waals surface area contributed by atoms with Gasteiger partial charge in [-0.25, -0.2) is 0 Å². The van der Waals surface area contributed by atoms with Gasteiger partial charge in [0.05, 0.1) is 0 Å². The minimum absolute atomic E-state index is 0.150. The minimum Gasteiger partial charge on any atom is -0.452 e. The van der Waals surface area contributed by atoms with E-state index in [4.69, 9.17) is 9.72 Å². The molecule has 0 unspecified atom stereocenters. The number of nitrogens with one attached hydrogen (secondary N) is 1. The number of aromatic nitrogens is 3. The van der Waals surface area contributed by atoms with E-state index in [-0.39, 0.29) is 6.23 Å². The van der Waals surface area contributed by atoms with Crippen molar-refractivity contribution in [2.45, 2.75) is 77.6 Å². The number of allylic oxidation sites excluding steroid dienone is 4. The summed E-state index contributed by atoms with van der Waals surface area (Å²) in [6.07, 6.45) is 11.3. The molecule has 0 radical (unpaired) electrons. The standard InChI is InChI=1S/C27H36N4OS/c1-5-6-16-33-27-29-26-24(30-31-27)22-12-7-8-13-23(22)28-25(32-26)21-15-14-20(17-19(21)4)11-9-10-18(2)3/h7-8,10,12-14,19,21,25,28H,5-6,9,11,15-17H2,1-4H3/t19-,21-,25-/m1/s1. The molecular formula is C27H36N4OS. The molecule has 0 fully saturated rings. The lowest BCUT2D eigenvalue weighted by Gasteiger charge is -2.35. The lowest BCUT2D eigenvalue weighted by molar-refractivity contribution is 0.114. The summed E-state index contributed by atoms with van der Waals surface area (Å²) in [5.41, 5.74) is 5.73. The Morgan fingerprint density at radius 3 is 2.88 bits per heavy atom. The molecule has 1 aliphatic carbocycles. The zero-order valence-corrected chi connectivity index (χ0v) is 21.1. The van der Waals surface area contributed by atoms with Crippen LogP contribution in [0.5, 0.6) is 5.88 Å². The fourth-order valence-corrected chi connectivity index (χ4v) is 5.45. The number of unbranched alkanes of at least 4 members (excludes halogenated alkanes) is 1. The Kier molecular flexibility index (Phi) is 8.07. The Balaban J connectivity index is 1.56. The normalized spacial score (nSPS) is 21.6. The molecule has 0 bridgehead atoms. The molecule has 1 N–H and O–H groups in total. The number of benzene rings is 1. The van der Waals surface area contributed by atoms with Crippen LogP contribution in [0.3, 0.4) is 0 Å². The van der Waals surface area contributed by atoms with Gasteiger partial charge in [0.25, 0.3) is 0 Å². The van der Waals surface area contributed by atoms with E-state index in [2.05, 4.69) is 73.6 Å². The van der Waals surface area contributed by atoms with Gasteiger partial charge in [0.2, 0.25) is 11.0 Å². The van der Waals surface area contributed by atoms with Crippen LogP contribution in [0.4, 0.5) is 5.69 Å². The molecule has 2 aliphatic rings. The van der Waals surface area contributed by atoms with Gasteiger partial charge in [0.15, 0.2) is 11.9 Å². The highest BCUT2D eigenvalue weighted by atomic mass is 32.2. The molecule has 2 heterocycles. The van der Waals surface area contributed by atoms with E-state index in [1.807, 2.05) is 6.07 Å². The van der Waals surface area contributed by atoms with E-state index in [1.165, 1.54) is 5.57 Å². The molecule has 3 atom stereocenters. The summed E-state index contributed by atoms with van der Waals surface area (Å²) < 4.78 is 6.57. The Hall–Kier alpha value is -2.34. The maximum absolute atomic E-state index is 6.57. The van der Waals surface area contributed by atoms with Crippen LogP contribution in [-0.4, -0.2) is 27.2 Å². The average Bonchev–Trinajstić information content (AvgIpc) is 2.95. The van der Waals surface area contributed by atoms with Crippen LogP contribution in [0.2, 0.25) is 0 Å². The van der Waals surface area contributed by atoms with E-state index in [0.717, 1.165) is 61.2 Å². The summed E-state index contributed by atoms with van der Waals surface area (Å²) >= 11 is 1.65. The van der Waals surface area contributed by atoms with Gasteiger partial charge < -0.3 is 10.1 Å². The number of anilines is 1. The molecule has 33 heavy (non-hydrogen) atoms. The monoisotopic (exact) mass is 464 g/mol. The number of rotatable bonds is 8. The highest BCUT2D eigenvalue weighted by Gasteiger charge is 2.34. The second-order valence-corrected chi connectivity index (χ2v) is 10.5. The zero-order valence-electron chi connectivity index (χ0n) is 20.3. The Bertz CT molecular complexity index is 1010. The third-order valence-electron chi connectivity index (χ3n) is 6.48. The topological polar surface area (TPSA) is 59.9 Å². The number of thioether (sulfide) groups is 1. The highest BCUT2D eigenvalue weighted by Crippen LogP contribution is 2.41. The number of nitrogens with zero attached hydrogens (tertiary/aromatic N) is 3. The molecule has 1 aromatic heterocycles. The quantitative estimate of drug-likeness (QED) is 0.252. The molecule has 5 nitrogen and oxygen atoms in total. The SMILES string of the molecule is CCCCSc1nnc2c(n1)O[C@H]([C@@H]1CC=C(CCC=C(C)C)C[C@H]1C)Nc1ccccc1-2. The van der Waals surface area contributed by atoms with E-state index >= 15 is 0 Å². The molecule has 0 saturated carbocycles. The Morgan fingerprint density at radius 2 is 2.09 bits per heavy atom. The smallest absolute Gasteiger partial charge is 0.247 e. The van der Waals surface area contributed by atoms with Crippen molar-refractivity contribution in [2.24, 2.45) is 11.8 Å². The first-order valence-corrected chi connectivity index (χ1v) is 13.2. The summed E-state index contributed by atoms with van der Waals surface area (Å²) in [5, 5.41) is 13.3. The molecular weight excluding hydrogens is 428 g/mol. The van der Waals surface area contributed by atoms with Crippen LogP contribution in [-0.2, 0) is 0 Å². The second-order valence-electron chi connectivity index (χ2n) is 9.44. The number of hydrogen-bond donors (Lipinski definition) is 1. The first-order valence-electron chi connectivity index (χ1n) is 12.3. The van der Waals surface area contributed by atoms with E-state index in [1.54, 1.807) is 17.3 Å². The van der Waals surface area contributed by atoms with Gasteiger partial charge in [0, 0.05) is 22.9 Å². The number of para-hydroxylation sites is 1. The number of fused-ring (bicyclic) bond motifs is 3. The van der Waals surface area contributed by atoms with Crippen LogP contribution < -0.4 is 10.1 Å². The summed E-state index contributed by atoms with van der Waals surface area (Å²) in [6.45, 7) is 8.89. The average molecular weight is 465 g/mol. The molecule has 6 heteroatoms. The largest absolute Gasteiger partial charge is 0.452 e. The molecule has 4 rings (SSSR count). The second kappa shape index (κ2) is 11.2. The van der Waals surface area contributed by atoms with Crippen molar-refractivity contribution in [3.63, 3.8) is 0 Å². The number of ether oxygens (including phenoxy) is 1. The van der Waals surface area contributed by atoms with Crippen molar-refractivity contribution in [1.29, 1.82) is 0 Å². The summed E-state index contributed by atoms with van der Waals surface area (Å²) in [6, 6.07) is 8.25. The van der Waals surface area contributed by atoms with Gasteiger partial charge in [0.1, 0.15) is 0 Å². The molecule has 1 aromatic carbocycles. The highest BCUT2D eigenvalue weighted by molar-refractivity contribution is 7.99. The summed E-state index contributed by atoms with van der Waals surface area (Å²) in [4.78, 5) is 4.79.